The van der Waals surface area contributed by atoms with Gasteiger partial charge >= 0.3 is 0 Å². The molecule has 5 heteroatoms. The van der Waals surface area contributed by atoms with Gasteiger partial charge in [0.1, 0.15) is 0 Å². The van der Waals surface area contributed by atoms with E-state index in [1.54, 1.807) is 0 Å². The second-order valence-corrected chi connectivity index (χ2v) is 6.04. The van der Waals surface area contributed by atoms with Crippen LogP contribution in [0.15, 0.2) is 28.7 Å². The van der Waals surface area contributed by atoms with Crippen LogP contribution in [0.3, 0.4) is 0 Å². The highest BCUT2D eigenvalue weighted by atomic mass is 79.9. The highest BCUT2D eigenvalue weighted by Crippen LogP contribution is 2.13. The number of carbonyl (C=O) groups excluding carboxylic acids is 1. The molecule has 0 spiro atoms. The number of amides is 1. The Morgan fingerprint density at radius 3 is 2.28 bits per heavy atom. The van der Waals surface area contributed by atoms with E-state index in [9.17, 15) is 4.79 Å². The molecule has 0 aromatic heterocycles. The minimum Gasteiger partial charge on any atom is -0.336 e. The fourth-order valence-electron chi connectivity index (χ4n) is 2.07. The van der Waals surface area contributed by atoms with Crippen LogP contribution >= 0.6 is 31.9 Å². The van der Waals surface area contributed by atoms with Crippen molar-refractivity contribution in [2.24, 2.45) is 0 Å². The summed E-state index contributed by atoms with van der Waals surface area (Å²) >= 11 is 6.83. The van der Waals surface area contributed by atoms with Crippen LogP contribution in [0.5, 0.6) is 0 Å². The van der Waals surface area contributed by atoms with Gasteiger partial charge in [0.25, 0.3) is 5.91 Å². The van der Waals surface area contributed by atoms with Gasteiger partial charge in [-0.05, 0) is 24.3 Å². The normalized spacial score (nSPS) is 16.9. The maximum absolute atomic E-state index is 12.3. The quantitative estimate of drug-likeness (QED) is 0.758. The van der Waals surface area contributed by atoms with Gasteiger partial charge in [0.15, 0.2) is 0 Å². The molecule has 1 aliphatic rings. The molecular formula is C13H16Br2N2O. The van der Waals surface area contributed by atoms with Gasteiger partial charge in [-0.1, -0.05) is 31.9 Å². The highest BCUT2D eigenvalue weighted by molar-refractivity contribution is 9.10. The van der Waals surface area contributed by atoms with Crippen molar-refractivity contribution in [3.05, 3.63) is 34.3 Å². The first kappa shape index (κ1) is 14.0. The summed E-state index contributed by atoms with van der Waals surface area (Å²) in [5, 5.41) is 0.994. The van der Waals surface area contributed by atoms with E-state index in [0.29, 0.717) is 0 Å². The third-order valence-corrected chi connectivity index (χ3v) is 4.03. The number of nitrogens with zero attached hydrogens (tertiary/aromatic N) is 2. The van der Waals surface area contributed by atoms with E-state index in [4.69, 9.17) is 0 Å². The molecule has 0 N–H and O–H groups in total. The van der Waals surface area contributed by atoms with Crippen LogP contribution in [0.1, 0.15) is 10.4 Å². The Morgan fingerprint density at radius 2 is 1.72 bits per heavy atom. The molecule has 0 atom stereocenters. The van der Waals surface area contributed by atoms with E-state index in [2.05, 4.69) is 36.8 Å². The van der Waals surface area contributed by atoms with E-state index >= 15 is 0 Å². The van der Waals surface area contributed by atoms with Crippen molar-refractivity contribution >= 4 is 37.8 Å². The summed E-state index contributed by atoms with van der Waals surface area (Å²) in [4.78, 5) is 16.6. The van der Waals surface area contributed by atoms with Gasteiger partial charge in [0.2, 0.25) is 0 Å². The third kappa shape index (κ3) is 3.56. The molecule has 1 amide bonds. The Labute approximate surface area is 124 Å². The maximum Gasteiger partial charge on any atom is 0.253 e. The SMILES string of the molecule is O=C(c1ccc(Br)cc1)N1CCN(CCBr)CC1. The lowest BCUT2D eigenvalue weighted by Crippen LogP contribution is -2.49. The molecule has 0 radical (unpaired) electrons. The van der Waals surface area contributed by atoms with Gasteiger partial charge in [0, 0.05) is 48.1 Å². The molecule has 1 aromatic carbocycles. The van der Waals surface area contributed by atoms with Crippen LogP contribution in [0.2, 0.25) is 0 Å². The van der Waals surface area contributed by atoms with E-state index < -0.39 is 0 Å². The standard InChI is InChI=1S/C13H16Br2N2O/c14-5-6-16-7-9-17(10-8-16)13(18)11-1-3-12(15)4-2-11/h1-4H,5-10H2. The first-order valence-corrected chi connectivity index (χ1v) is 7.95. The van der Waals surface area contributed by atoms with Gasteiger partial charge in [-0.3, -0.25) is 9.69 Å². The highest BCUT2D eigenvalue weighted by Gasteiger charge is 2.21. The number of alkyl halides is 1. The van der Waals surface area contributed by atoms with Crippen LogP contribution in [-0.2, 0) is 0 Å². The van der Waals surface area contributed by atoms with Crippen LogP contribution < -0.4 is 0 Å². The van der Waals surface area contributed by atoms with Crippen molar-refractivity contribution in [3.63, 3.8) is 0 Å². The van der Waals surface area contributed by atoms with Crippen molar-refractivity contribution in [2.75, 3.05) is 38.1 Å². The van der Waals surface area contributed by atoms with Crippen molar-refractivity contribution < 1.29 is 4.79 Å². The molecule has 1 saturated heterocycles. The summed E-state index contributed by atoms with van der Waals surface area (Å²) in [5.41, 5.74) is 0.771. The first-order chi connectivity index (χ1) is 8.70. The number of hydrogen-bond acceptors (Lipinski definition) is 2. The van der Waals surface area contributed by atoms with Crippen molar-refractivity contribution in [1.29, 1.82) is 0 Å². The average Bonchev–Trinajstić information content (AvgIpc) is 2.40. The summed E-state index contributed by atoms with van der Waals surface area (Å²) in [6, 6.07) is 7.57. The molecule has 3 nitrogen and oxygen atoms in total. The van der Waals surface area contributed by atoms with Crippen molar-refractivity contribution in [3.8, 4) is 0 Å². The van der Waals surface area contributed by atoms with E-state index in [1.165, 1.54) is 0 Å². The summed E-state index contributed by atoms with van der Waals surface area (Å²) in [6.45, 7) is 4.63. The van der Waals surface area contributed by atoms with E-state index in [-0.39, 0.29) is 5.91 Å². The molecule has 1 fully saturated rings. The molecule has 18 heavy (non-hydrogen) atoms. The average molecular weight is 376 g/mol. The summed E-state index contributed by atoms with van der Waals surface area (Å²) in [7, 11) is 0. The Hall–Kier alpha value is -0.390. The van der Waals surface area contributed by atoms with Crippen LogP contribution in [0.25, 0.3) is 0 Å². The Kier molecular flexibility index (Phi) is 5.21. The second kappa shape index (κ2) is 6.68. The lowest BCUT2D eigenvalue weighted by atomic mass is 10.2. The first-order valence-electron chi connectivity index (χ1n) is 6.04. The molecule has 0 unspecified atom stereocenters. The second-order valence-electron chi connectivity index (χ2n) is 4.33. The van der Waals surface area contributed by atoms with Gasteiger partial charge in [0.05, 0.1) is 0 Å². The fraction of sp³-hybridized carbons (Fsp3) is 0.462. The van der Waals surface area contributed by atoms with Gasteiger partial charge in [-0.2, -0.15) is 0 Å². The lowest BCUT2D eigenvalue weighted by molar-refractivity contribution is 0.0645. The smallest absolute Gasteiger partial charge is 0.253 e. The summed E-state index contributed by atoms with van der Waals surface area (Å²) in [5.74, 6) is 0.140. The van der Waals surface area contributed by atoms with Crippen molar-refractivity contribution in [1.82, 2.24) is 9.80 Å². The predicted molar refractivity (Wildman–Crippen MR) is 80.3 cm³/mol. The minimum atomic E-state index is 0.140. The predicted octanol–water partition coefficient (Wildman–Crippen LogP) is 2.60. The number of carbonyl (C=O) groups is 1. The van der Waals surface area contributed by atoms with Gasteiger partial charge in [-0.15, -0.1) is 0 Å². The minimum absolute atomic E-state index is 0.140. The molecule has 1 aromatic rings. The van der Waals surface area contributed by atoms with Crippen LogP contribution in [-0.4, -0.2) is 53.8 Å². The van der Waals surface area contributed by atoms with Gasteiger partial charge < -0.3 is 4.90 Å². The molecular weight excluding hydrogens is 360 g/mol. The third-order valence-electron chi connectivity index (χ3n) is 3.15. The summed E-state index contributed by atoms with van der Waals surface area (Å²) < 4.78 is 1.00. The molecule has 1 heterocycles. The molecule has 98 valence electrons. The number of rotatable bonds is 3. The summed E-state index contributed by atoms with van der Waals surface area (Å²) in [6.07, 6.45) is 0. The molecule has 2 rings (SSSR count). The van der Waals surface area contributed by atoms with Crippen LogP contribution in [0.4, 0.5) is 0 Å². The maximum atomic E-state index is 12.3. The molecule has 0 saturated carbocycles. The molecule has 0 aliphatic carbocycles. The molecule has 0 bridgehead atoms. The zero-order valence-corrected chi connectivity index (χ0v) is 13.3. The number of halogens is 2. The number of benzene rings is 1. The van der Waals surface area contributed by atoms with Gasteiger partial charge in [-0.25, -0.2) is 0 Å². The topological polar surface area (TPSA) is 23.6 Å². The Balaban J connectivity index is 1.93. The lowest BCUT2D eigenvalue weighted by Gasteiger charge is -2.34. The van der Waals surface area contributed by atoms with Crippen LogP contribution in [0, 0.1) is 0 Å². The Bertz CT molecular complexity index is 400. The zero-order chi connectivity index (χ0) is 13.0. The Morgan fingerprint density at radius 1 is 1.11 bits per heavy atom. The van der Waals surface area contributed by atoms with E-state index in [0.717, 1.165) is 48.1 Å². The fourth-order valence-corrected chi connectivity index (χ4v) is 2.83. The number of piperazine rings is 1. The molecule has 1 aliphatic heterocycles. The monoisotopic (exact) mass is 374 g/mol. The largest absolute Gasteiger partial charge is 0.336 e. The number of hydrogen-bond donors (Lipinski definition) is 0. The van der Waals surface area contributed by atoms with E-state index in [1.807, 2.05) is 29.2 Å². The van der Waals surface area contributed by atoms with Crippen molar-refractivity contribution in [2.45, 2.75) is 0 Å². The zero-order valence-electron chi connectivity index (χ0n) is 10.1.